The first kappa shape index (κ1) is 17.8. The summed E-state index contributed by atoms with van der Waals surface area (Å²) in [6.45, 7) is 3.85. The summed E-state index contributed by atoms with van der Waals surface area (Å²) in [5, 5.41) is 18.5. The molecule has 0 radical (unpaired) electrons. The molecule has 1 atom stereocenters. The van der Waals surface area contributed by atoms with Crippen LogP contribution in [-0.4, -0.2) is 25.5 Å². The zero-order valence-corrected chi connectivity index (χ0v) is 14.4. The number of halogens is 3. The van der Waals surface area contributed by atoms with E-state index in [0.29, 0.717) is 10.8 Å². The monoisotopic (exact) mass is 367 g/mol. The van der Waals surface area contributed by atoms with E-state index in [-0.39, 0.29) is 5.75 Å². The number of thioether (sulfide) groups is 1. The number of rotatable bonds is 4. The molecule has 0 unspecified atom stereocenters. The van der Waals surface area contributed by atoms with Crippen molar-refractivity contribution in [2.45, 2.75) is 31.3 Å². The van der Waals surface area contributed by atoms with Crippen LogP contribution in [0.2, 0.25) is 0 Å². The second kappa shape index (κ2) is 6.68. The summed E-state index contributed by atoms with van der Waals surface area (Å²) in [6, 6.07) is 8.05. The van der Waals surface area contributed by atoms with Gasteiger partial charge in [0.25, 0.3) is 0 Å². The van der Waals surface area contributed by atoms with Crippen LogP contribution in [0.25, 0.3) is 5.65 Å². The zero-order valence-electron chi connectivity index (χ0n) is 13.6. The van der Waals surface area contributed by atoms with Gasteiger partial charge in [-0.2, -0.15) is 13.2 Å². The summed E-state index contributed by atoms with van der Waals surface area (Å²) in [5.74, 6) is 0.265. The van der Waals surface area contributed by atoms with Crippen LogP contribution in [0.4, 0.5) is 13.2 Å². The predicted octanol–water partition coefficient (Wildman–Crippen LogP) is 4.19. The molecular formula is C17H16F3N3OS. The normalized spacial score (nSPS) is 13.4. The fraction of sp³-hybridized carbons (Fsp3) is 0.294. The zero-order chi connectivity index (χ0) is 18.2. The van der Waals surface area contributed by atoms with E-state index in [1.807, 2.05) is 32.0 Å². The van der Waals surface area contributed by atoms with Crippen molar-refractivity contribution in [3.8, 4) is 0 Å². The van der Waals surface area contributed by atoms with E-state index in [4.69, 9.17) is 0 Å². The summed E-state index contributed by atoms with van der Waals surface area (Å²) in [5.41, 5.74) is 2.36. The van der Waals surface area contributed by atoms with E-state index >= 15 is 0 Å². The Kier molecular flexibility index (Phi) is 4.75. The molecule has 0 fully saturated rings. The third-order valence-electron chi connectivity index (χ3n) is 3.86. The molecule has 132 valence electrons. The van der Waals surface area contributed by atoms with E-state index in [2.05, 4.69) is 10.2 Å². The first-order valence-electron chi connectivity index (χ1n) is 7.55. The lowest BCUT2D eigenvalue weighted by molar-refractivity contribution is -0.137. The fourth-order valence-electron chi connectivity index (χ4n) is 2.50. The van der Waals surface area contributed by atoms with Gasteiger partial charge >= 0.3 is 6.18 Å². The van der Waals surface area contributed by atoms with Crippen molar-refractivity contribution in [1.29, 1.82) is 0 Å². The minimum absolute atomic E-state index is 0.265. The lowest BCUT2D eigenvalue weighted by Crippen LogP contribution is -2.07. The molecule has 3 rings (SSSR count). The molecule has 1 aromatic carbocycles. The predicted molar refractivity (Wildman–Crippen MR) is 89.6 cm³/mol. The molecule has 4 nitrogen and oxygen atoms in total. The lowest BCUT2D eigenvalue weighted by Gasteiger charge is -2.14. The van der Waals surface area contributed by atoms with Crippen LogP contribution in [0.1, 0.15) is 28.4 Å². The Morgan fingerprint density at radius 1 is 1.16 bits per heavy atom. The quantitative estimate of drug-likeness (QED) is 0.703. The number of aromatic nitrogens is 3. The highest BCUT2D eigenvalue weighted by Gasteiger charge is 2.31. The highest BCUT2D eigenvalue weighted by atomic mass is 32.2. The maximum absolute atomic E-state index is 12.9. The van der Waals surface area contributed by atoms with Gasteiger partial charge in [0, 0.05) is 11.9 Å². The standard InChI is InChI=1S/C17H16F3N3OS/c1-10-3-4-11(2)13(7-10)14(24)9-25-16-22-21-15-6-5-12(8-23(15)16)17(18,19)20/h3-8,14,24H,9H2,1-2H3/t14-/m1/s1. The van der Waals surface area contributed by atoms with Crippen molar-refractivity contribution in [2.75, 3.05) is 5.75 Å². The molecule has 2 heterocycles. The Labute approximate surface area is 146 Å². The second-order valence-electron chi connectivity index (χ2n) is 5.81. The number of aryl methyl sites for hydroxylation is 2. The Morgan fingerprint density at radius 3 is 2.64 bits per heavy atom. The highest BCUT2D eigenvalue weighted by Crippen LogP contribution is 2.31. The fourth-order valence-corrected chi connectivity index (χ4v) is 3.37. The third-order valence-corrected chi connectivity index (χ3v) is 4.88. The molecule has 0 amide bonds. The van der Waals surface area contributed by atoms with Crippen LogP contribution < -0.4 is 0 Å². The molecule has 0 saturated heterocycles. The van der Waals surface area contributed by atoms with Crippen LogP contribution in [0.5, 0.6) is 0 Å². The van der Waals surface area contributed by atoms with Crippen LogP contribution in [-0.2, 0) is 6.18 Å². The number of alkyl halides is 3. The molecule has 0 aliphatic heterocycles. The molecule has 1 N–H and O–H groups in total. The van der Waals surface area contributed by atoms with Gasteiger partial charge in [-0.05, 0) is 37.1 Å². The Bertz CT molecular complexity index is 908. The van der Waals surface area contributed by atoms with Gasteiger partial charge in [-0.1, -0.05) is 35.5 Å². The first-order valence-corrected chi connectivity index (χ1v) is 8.54. The molecule has 2 aromatic heterocycles. The van der Waals surface area contributed by atoms with Gasteiger partial charge in [-0.3, -0.25) is 4.40 Å². The van der Waals surface area contributed by atoms with Crippen LogP contribution in [0.15, 0.2) is 41.7 Å². The van der Waals surface area contributed by atoms with E-state index in [1.165, 1.54) is 22.2 Å². The number of benzene rings is 1. The van der Waals surface area contributed by atoms with Gasteiger partial charge in [-0.15, -0.1) is 10.2 Å². The molecule has 0 saturated carbocycles. The Balaban J connectivity index is 1.82. The van der Waals surface area contributed by atoms with Gasteiger partial charge < -0.3 is 5.11 Å². The Hall–Kier alpha value is -2.06. The van der Waals surface area contributed by atoms with Gasteiger partial charge in [0.1, 0.15) is 0 Å². The van der Waals surface area contributed by atoms with Crippen molar-refractivity contribution in [1.82, 2.24) is 14.6 Å². The van der Waals surface area contributed by atoms with Gasteiger partial charge in [0.2, 0.25) is 0 Å². The maximum atomic E-state index is 12.9. The lowest BCUT2D eigenvalue weighted by atomic mass is 10.0. The second-order valence-corrected chi connectivity index (χ2v) is 6.80. The van der Waals surface area contributed by atoms with Crippen LogP contribution in [0, 0.1) is 13.8 Å². The number of aliphatic hydroxyl groups excluding tert-OH is 1. The topological polar surface area (TPSA) is 50.4 Å². The van der Waals surface area contributed by atoms with Crippen molar-refractivity contribution >= 4 is 17.4 Å². The number of hydrogen-bond acceptors (Lipinski definition) is 4. The van der Waals surface area contributed by atoms with Crippen molar-refractivity contribution in [3.63, 3.8) is 0 Å². The average molecular weight is 367 g/mol. The summed E-state index contributed by atoms with van der Waals surface area (Å²) < 4.78 is 39.9. The van der Waals surface area contributed by atoms with Crippen LogP contribution >= 0.6 is 11.8 Å². The molecule has 0 aliphatic carbocycles. The molecule has 0 aliphatic rings. The number of aliphatic hydroxyl groups is 1. The molecule has 3 aromatic rings. The van der Waals surface area contributed by atoms with Crippen molar-refractivity contribution in [2.24, 2.45) is 0 Å². The van der Waals surface area contributed by atoms with Gasteiger partial charge in [0.05, 0.1) is 11.7 Å². The van der Waals surface area contributed by atoms with Crippen molar-refractivity contribution < 1.29 is 18.3 Å². The van der Waals surface area contributed by atoms with E-state index in [9.17, 15) is 18.3 Å². The summed E-state index contributed by atoms with van der Waals surface area (Å²) in [4.78, 5) is 0. The number of pyridine rings is 1. The number of fused-ring (bicyclic) bond motifs is 1. The number of hydrogen-bond donors (Lipinski definition) is 1. The highest BCUT2D eigenvalue weighted by molar-refractivity contribution is 7.99. The van der Waals surface area contributed by atoms with E-state index < -0.39 is 17.8 Å². The van der Waals surface area contributed by atoms with Gasteiger partial charge in [-0.25, -0.2) is 0 Å². The van der Waals surface area contributed by atoms with Gasteiger partial charge in [0.15, 0.2) is 10.8 Å². The minimum Gasteiger partial charge on any atom is -0.388 e. The third kappa shape index (κ3) is 3.80. The average Bonchev–Trinajstić information content (AvgIpc) is 2.96. The number of nitrogens with zero attached hydrogens (tertiary/aromatic N) is 3. The van der Waals surface area contributed by atoms with Crippen LogP contribution in [0.3, 0.4) is 0 Å². The van der Waals surface area contributed by atoms with Crippen molar-refractivity contribution in [3.05, 3.63) is 58.8 Å². The molecular weight excluding hydrogens is 351 g/mol. The summed E-state index contributed by atoms with van der Waals surface area (Å²) in [7, 11) is 0. The smallest absolute Gasteiger partial charge is 0.388 e. The summed E-state index contributed by atoms with van der Waals surface area (Å²) >= 11 is 1.17. The van der Waals surface area contributed by atoms with E-state index in [1.54, 1.807) is 0 Å². The Morgan fingerprint density at radius 2 is 1.92 bits per heavy atom. The maximum Gasteiger partial charge on any atom is 0.417 e. The van der Waals surface area contributed by atoms with E-state index in [0.717, 1.165) is 29.0 Å². The minimum atomic E-state index is -4.43. The molecule has 0 spiro atoms. The molecule has 0 bridgehead atoms. The molecule has 8 heteroatoms. The summed E-state index contributed by atoms with van der Waals surface area (Å²) in [6.07, 6.45) is -4.20. The molecule has 25 heavy (non-hydrogen) atoms. The first-order chi connectivity index (χ1) is 11.8. The SMILES string of the molecule is Cc1ccc(C)c([C@H](O)CSc2nnc3ccc(C(F)(F)F)cn23)c1. The largest absolute Gasteiger partial charge is 0.417 e.